The molecule has 0 aliphatic rings. The van der Waals surface area contributed by atoms with Gasteiger partial charge in [0.15, 0.2) is 0 Å². The van der Waals surface area contributed by atoms with Gasteiger partial charge in [-0.05, 0) is 32.1 Å². The highest BCUT2D eigenvalue weighted by Gasteiger charge is 2.04. The number of nitrogens with one attached hydrogen (secondary N) is 1. The molecule has 0 fully saturated rings. The van der Waals surface area contributed by atoms with Crippen molar-refractivity contribution in [2.24, 2.45) is 0 Å². The minimum atomic E-state index is 0.765. The van der Waals surface area contributed by atoms with Gasteiger partial charge in [0.2, 0.25) is 0 Å². The van der Waals surface area contributed by atoms with Crippen LogP contribution >= 0.6 is 0 Å². The fourth-order valence-electron chi connectivity index (χ4n) is 2.14. The maximum absolute atomic E-state index is 5.96. The molecular formula is C17H30N2O. The standard InChI is InChI=1S/C17H30N2O/c1-4-7-12-19(6-3)13-14-20-17-11-9-8-10-16(17)15-18-5-2/h8-11,18H,4-7,12-15H2,1-3H3. The lowest BCUT2D eigenvalue weighted by Crippen LogP contribution is -2.29. The van der Waals surface area contributed by atoms with Crippen molar-refractivity contribution in [1.29, 1.82) is 0 Å². The van der Waals surface area contributed by atoms with Crippen LogP contribution < -0.4 is 10.1 Å². The fraction of sp³-hybridized carbons (Fsp3) is 0.647. The van der Waals surface area contributed by atoms with Crippen LogP contribution in [-0.2, 0) is 6.54 Å². The molecule has 1 aromatic carbocycles. The van der Waals surface area contributed by atoms with Crippen LogP contribution in [0.1, 0.15) is 39.2 Å². The van der Waals surface area contributed by atoms with Gasteiger partial charge in [0.25, 0.3) is 0 Å². The number of unbranched alkanes of at least 4 members (excludes halogenated alkanes) is 1. The average molecular weight is 278 g/mol. The van der Waals surface area contributed by atoms with Crippen molar-refractivity contribution in [2.75, 3.05) is 32.8 Å². The van der Waals surface area contributed by atoms with Crippen LogP contribution in [0.25, 0.3) is 0 Å². The highest BCUT2D eigenvalue weighted by Crippen LogP contribution is 2.17. The molecule has 3 nitrogen and oxygen atoms in total. The van der Waals surface area contributed by atoms with Gasteiger partial charge in [-0.3, -0.25) is 0 Å². The molecule has 0 saturated heterocycles. The molecule has 20 heavy (non-hydrogen) atoms. The Hall–Kier alpha value is -1.06. The summed E-state index contributed by atoms with van der Waals surface area (Å²) in [6.45, 7) is 12.5. The second-order valence-corrected chi connectivity index (χ2v) is 5.02. The smallest absolute Gasteiger partial charge is 0.123 e. The Bertz CT molecular complexity index is 355. The quantitative estimate of drug-likeness (QED) is 0.672. The average Bonchev–Trinajstić information content (AvgIpc) is 2.49. The predicted octanol–water partition coefficient (Wildman–Crippen LogP) is 3.30. The summed E-state index contributed by atoms with van der Waals surface area (Å²) in [6.07, 6.45) is 2.52. The van der Waals surface area contributed by atoms with E-state index >= 15 is 0 Å². The topological polar surface area (TPSA) is 24.5 Å². The van der Waals surface area contributed by atoms with Gasteiger partial charge >= 0.3 is 0 Å². The van der Waals surface area contributed by atoms with E-state index in [1.54, 1.807) is 0 Å². The molecule has 0 aliphatic heterocycles. The molecule has 0 aliphatic carbocycles. The van der Waals surface area contributed by atoms with Gasteiger partial charge in [0.1, 0.15) is 12.4 Å². The van der Waals surface area contributed by atoms with Gasteiger partial charge < -0.3 is 15.0 Å². The summed E-state index contributed by atoms with van der Waals surface area (Å²) in [5.74, 6) is 1.01. The Morgan fingerprint density at radius 3 is 2.60 bits per heavy atom. The van der Waals surface area contributed by atoms with Crippen LogP contribution in [0.15, 0.2) is 24.3 Å². The minimum absolute atomic E-state index is 0.765. The Labute approximate surface area is 124 Å². The zero-order valence-electron chi connectivity index (χ0n) is 13.3. The summed E-state index contributed by atoms with van der Waals surface area (Å²) in [4.78, 5) is 2.45. The summed E-state index contributed by atoms with van der Waals surface area (Å²) < 4.78 is 5.96. The molecule has 0 atom stereocenters. The molecule has 0 amide bonds. The van der Waals surface area contributed by atoms with E-state index < -0.39 is 0 Å². The van der Waals surface area contributed by atoms with Crippen LogP contribution in [0.5, 0.6) is 5.75 Å². The molecule has 0 unspecified atom stereocenters. The van der Waals surface area contributed by atoms with Crippen LogP contribution in [0.2, 0.25) is 0 Å². The summed E-state index contributed by atoms with van der Waals surface area (Å²) in [5.41, 5.74) is 1.24. The lowest BCUT2D eigenvalue weighted by atomic mass is 10.2. The van der Waals surface area contributed by atoms with Crippen molar-refractivity contribution in [3.8, 4) is 5.75 Å². The first-order chi connectivity index (χ1) is 9.81. The van der Waals surface area contributed by atoms with E-state index in [1.165, 1.54) is 24.9 Å². The van der Waals surface area contributed by atoms with Crippen LogP contribution in [-0.4, -0.2) is 37.7 Å². The van der Waals surface area contributed by atoms with E-state index in [1.807, 2.05) is 6.07 Å². The highest BCUT2D eigenvalue weighted by molar-refractivity contribution is 5.33. The third-order valence-electron chi connectivity index (χ3n) is 3.48. The monoisotopic (exact) mass is 278 g/mol. The summed E-state index contributed by atoms with van der Waals surface area (Å²) in [6, 6.07) is 8.31. The number of nitrogens with zero attached hydrogens (tertiary/aromatic N) is 1. The first-order valence-corrected chi connectivity index (χ1v) is 7.95. The summed E-state index contributed by atoms with van der Waals surface area (Å²) >= 11 is 0. The number of rotatable bonds is 11. The lowest BCUT2D eigenvalue weighted by molar-refractivity contribution is 0.212. The maximum Gasteiger partial charge on any atom is 0.123 e. The van der Waals surface area contributed by atoms with Crippen molar-refractivity contribution in [1.82, 2.24) is 10.2 Å². The van der Waals surface area contributed by atoms with Crippen molar-refractivity contribution < 1.29 is 4.74 Å². The van der Waals surface area contributed by atoms with Gasteiger partial charge in [-0.25, -0.2) is 0 Å². The van der Waals surface area contributed by atoms with Crippen molar-refractivity contribution in [2.45, 2.75) is 40.2 Å². The Balaban J connectivity index is 2.40. The number of benzene rings is 1. The fourth-order valence-corrected chi connectivity index (χ4v) is 2.14. The normalized spacial score (nSPS) is 11.0. The number of likely N-dealkylation sites (N-methyl/N-ethyl adjacent to an activating group) is 1. The largest absolute Gasteiger partial charge is 0.492 e. The maximum atomic E-state index is 5.96. The molecule has 0 saturated carbocycles. The molecular weight excluding hydrogens is 248 g/mol. The second kappa shape index (κ2) is 10.7. The van der Waals surface area contributed by atoms with E-state index in [-0.39, 0.29) is 0 Å². The Morgan fingerprint density at radius 1 is 1.10 bits per heavy atom. The summed E-state index contributed by atoms with van der Waals surface area (Å²) in [7, 11) is 0. The first-order valence-electron chi connectivity index (χ1n) is 7.95. The van der Waals surface area contributed by atoms with Crippen LogP contribution in [0.3, 0.4) is 0 Å². The third-order valence-corrected chi connectivity index (χ3v) is 3.48. The van der Waals surface area contributed by atoms with E-state index in [2.05, 4.69) is 49.2 Å². The third kappa shape index (κ3) is 6.40. The van der Waals surface area contributed by atoms with E-state index in [0.29, 0.717) is 0 Å². The molecule has 1 aromatic rings. The van der Waals surface area contributed by atoms with E-state index in [9.17, 15) is 0 Å². The van der Waals surface area contributed by atoms with E-state index in [0.717, 1.165) is 38.5 Å². The zero-order valence-corrected chi connectivity index (χ0v) is 13.3. The van der Waals surface area contributed by atoms with E-state index in [4.69, 9.17) is 4.74 Å². The summed E-state index contributed by atoms with van der Waals surface area (Å²) in [5, 5.41) is 3.35. The lowest BCUT2D eigenvalue weighted by Gasteiger charge is -2.20. The SMILES string of the molecule is CCCCN(CC)CCOc1ccccc1CNCC. The number of hydrogen-bond acceptors (Lipinski definition) is 3. The molecule has 0 heterocycles. The Kier molecular flexibility index (Phi) is 9.09. The van der Waals surface area contributed by atoms with Gasteiger partial charge in [-0.2, -0.15) is 0 Å². The second-order valence-electron chi connectivity index (χ2n) is 5.02. The van der Waals surface area contributed by atoms with Crippen LogP contribution in [0.4, 0.5) is 0 Å². The predicted molar refractivity (Wildman–Crippen MR) is 86.3 cm³/mol. The van der Waals surface area contributed by atoms with Crippen molar-refractivity contribution >= 4 is 0 Å². The number of ether oxygens (including phenoxy) is 1. The number of para-hydroxylation sites is 1. The molecule has 0 bridgehead atoms. The number of hydrogen-bond donors (Lipinski definition) is 1. The molecule has 1 rings (SSSR count). The van der Waals surface area contributed by atoms with Gasteiger partial charge in [-0.1, -0.05) is 45.4 Å². The van der Waals surface area contributed by atoms with Crippen molar-refractivity contribution in [3.05, 3.63) is 29.8 Å². The molecule has 114 valence electrons. The molecule has 1 N–H and O–H groups in total. The molecule has 3 heteroatoms. The minimum Gasteiger partial charge on any atom is -0.492 e. The Morgan fingerprint density at radius 2 is 1.90 bits per heavy atom. The first kappa shape index (κ1) is 17.0. The molecule has 0 radical (unpaired) electrons. The van der Waals surface area contributed by atoms with Crippen molar-refractivity contribution in [3.63, 3.8) is 0 Å². The van der Waals surface area contributed by atoms with Gasteiger partial charge in [0.05, 0.1) is 0 Å². The van der Waals surface area contributed by atoms with Gasteiger partial charge in [-0.15, -0.1) is 0 Å². The van der Waals surface area contributed by atoms with Gasteiger partial charge in [0, 0.05) is 18.7 Å². The molecule has 0 spiro atoms. The van der Waals surface area contributed by atoms with Crippen LogP contribution in [0, 0.1) is 0 Å². The molecule has 0 aromatic heterocycles. The zero-order chi connectivity index (χ0) is 14.6. The highest BCUT2D eigenvalue weighted by atomic mass is 16.5.